The summed E-state index contributed by atoms with van der Waals surface area (Å²) in [6.45, 7) is 0. The third-order valence-electron chi connectivity index (χ3n) is 3.57. The van der Waals surface area contributed by atoms with Gasteiger partial charge in [0.05, 0.1) is 11.5 Å². The normalized spacial score (nSPS) is 26.9. The molecule has 108 valence electrons. The summed E-state index contributed by atoms with van der Waals surface area (Å²) in [5.41, 5.74) is 0.900. The highest BCUT2D eigenvalue weighted by Crippen LogP contribution is 2.31. The van der Waals surface area contributed by atoms with Crippen LogP contribution < -0.4 is 10.1 Å². The van der Waals surface area contributed by atoms with Gasteiger partial charge in [-0.2, -0.15) is 0 Å². The molecule has 1 aromatic carbocycles. The molecule has 1 amide bonds. The van der Waals surface area contributed by atoms with Crippen molar-refractivity contribution in [3.8, 4) is 5.75 Å². The fourth-order valence-electron chi connectivity index (χ4n) is 2.57. The predicted molar refractivity (Wildman–Crippen MR) is 74.8 cm³/mol. The van der Waals surface area contributed by atoms with E-state index in [-0.39, 0.29) is 23.5 Å². The monoisotopic (exact) mass is 315 g/mol. The van der Waals surface area contributed by atoms with Crippen LogP contribution in [0.15, 0.2) is 18.2 Å². The van der Waals surface area contributed by atoms with Crippen molar-refractivity contribution in [2.24, 2.45) is 0 Å². The van der Waals surface area contributed by atoms with Crippen molar-refractivity contribution in [3.05, 3.63) is 28.8 Å². The van der Waals surface area contributed by atoms with Crippen molar-refractivity contribution in [1.82, 2.24) is 5.32 Å². The number of hydrogen-bond acceptors (Lipinski definition) is 4. The van der Waals surface area contributed by atoms with Crippen molar-refractivity contribution < 1.29 is 17.9 Å². The molecule has 5 nitrogen and oxygen atoms in total. The van der Waals surface area contributed by atoms with Crippen LogP contribution in [0.5, 0.6) is 5.75 Å². The van der Waals surface area contributed by atoms with Gasteiger partial charge in [-0.1, -0.05) is 11.6 Å². The fourth-order valence-corrected chi connectivity index (χ4v) is 4.43. The van der Waals surface area contributed by atoms with E-state index in [1.165, 1.54) is 0 Å². The lowest BCUT2D eigenvalue weighted by atomic mass is 10.1. The highest BCUT2D eigenvalue weighted by Gasteiger charge is 2.34. The highest BCUT2D eigenvalue weighted by atomic mass is 35.5. The smallest absolute Gasteiger partial charge is 0.261 e. The molecule has 1 fully saturated rings. The van der Waals surface area contributed by atoms with E-state index in [4.69, 9.17) is 16.3 Å². The van der Waals surface area contributed by atoms with Crippen LogP contribution in [0.1, 0.15) is 12.0 Å². The van der Waals surface area contributed by atoms with Crippen molar-refractivity contribution >= 4 is 27.3 Å². The molecule has 0 aliphatic carbocycles. The summed E-state index contributed by atoms with van der Waals surface area (Å²) in [5.74, 6) is 0.553. The van der Waals surface area contributed by atoms with Crippen LogP contribution in [0.4, 0.5) is 0 Å². The second kappa shape index (κ2) is 4.93. The first kappa shape index (κ1) is 13.7. The number of sulfone groups is 1. The van der Waals surface area contributed by atoms with Gasteiger partial charge in [-0.3, -0.25) is 4.79 Å². The van der Waals surface area contributed by atoms with Gasteiger partial charge in [-0.15, -0.1) is 0 Å². The lowest BCUT2D eigenvalue weighted by molar-refractivity contribution is -0.127. The topological polar surface area (TPSA) is 72.5 Å². The Balaban J connectivity index is 1.63. The van der Waals surface area contributed by atoms with Gasteiger partial charge in [0.15, 0.2) is 15.9 Å². The van der Waals surface area contributed by atoms with Crippen molar-refractivity contribution in [1.29, 1.82) is 0 Å². The minimum absolute atomic E-state index is 0.0181. The minimum Gasteiger partial charge on any atom is -0.480 e. The number of fused-ring (bicyclic) bond motifs is 1. The molecule has 2 atom stereocenters. The summed E-state index contributed by atoms with van der Waals surface area (Å²) in [6.07, 6.45) is 0.326. The molecule has 1 saturated heterocycles. The standard InChI is InChI=1S/C13H14ClNO4S/c14-9-1-2-11-8(5-9)6-12(19-11)13(16)15-10-3-4-20(17,18)7-10/h1-2,5,10,12H,3-4,6-7H2,(H,15,16)/t10-,12+/m0/s1. The molecule has 0 spiro atoms. The third kappa shape index (κ3) is 2.76. The van der Waals surface area contributed by atoms with E-state index in [2.05, 4.69) is 5.32 Å². The highest BCUT2D eigenvalue weighted by molar-refractivity contribution is 7.91. The van der Waals surface area contributed by atoms with E-state index in [9.17, 15) is 13.2 Å². The molecular weight excluding hydrogens is 302 g/mol. The van der Waals surface area contributed by atoms with Gasteiger partial charge in [-0.05, 0) is 30.2 Å². The van der Waals surface area contributed by atoms with Crippen LogP contribution in [-0.4, -0.2) is 38.0 Å². The first-order valence-electron chi connectivity index (χ1n) is 6.39. The average Bonchev–Trinajstić information content (AvgIpc) is 2.92. The Labute approximate surface area is 122 Å². The lowest BCUT2D eigenvalue weighted by Gasteiger charge is -2.15. The van der Waals surface area contributed by atoms with E-state index in [1.54, 1.807) is 18.2 Å². The first-order valence-corrected chi connectivity index (χ1v) is 8.59. The molecule has 2 heterocycles. The molecule has 7 heteroatoms. The zero-order chi connectivity index (χ0) is 14.3. The number of amides is 1. The third-order valence-corrected chi connectivity index (χ3v) is 5.57. The maximum atomic E-state index is 12.1. The Morgan fingerprint density at radius 2 is 2.20 bits per heavy atom. The molecule has 0 unspecified atom stereocenters. The number of carbonyl (C=O) groups excluding carboxylic acids is 1. The van der Waals surface area contributed by atoms with Crippen LogP contribution in [0.25, 0.3) is 0 Å². The van der Waals surface area contributed by atoms with Gasteiger partial charge in [0.1, 0.15) is 5.75 Å². The number of rotatable bonds is 2. The summed E-state index contributed by atoms with van der Waals surface area (Å²) < 4.78 is 28.3. The molecule has 1 N–H and O–H groups in total. The second-order valence-electron chi connectivity index (χ2n) is 5.17. The number of halogens is 1. The number of nitrogens with one attached hydrogen (secondary N) is 1. The zero-order valence-electron chi connectivity index (χ0n) is 10.6. The molecule has 2 aliphatic heterocycles. The SMILES string of the molecule is O=C(N[C@H]1CCS(=O)(=O)C1)[C@H]1Cc2cc(Cl)ccc2O1. The number of hydrogen-bond donors (Lipinski definition) is 1. The Morgan fingerprint density at radius 1 is 1.40 bits per heavy atom. The van der Waals surface area contributed by atoms with Crippen molar-refractivity contribution in [2.45, 2.75) is 25.0 Å². The fraction of sp³-hybridized carbons (Fsp3) is 0.462. The summed E-state index contributed by atoms with van der Waals surface area (Å²) in [5, 5.41) is 3.36. The van der Waals surface area contributed by atoms with E-state index in [0.29, 0.717) is 23.6 Å². The van der Waals surface area contributed by atoms with Gasteiger partial charge < -0.3 is 10.1 Å². The Bertz CT molecular complexity index is 658. The van der Waals surface area contributed by atoms with Gasteiger partial charge >= 0.3 is 0 Å². The van der Waals surface area contributed by atoms with E-state index >= 15 is 0 Å². The molecule has 3 rings (SSSR count). The zero-order valence-corrected chi connectivity index (χ0v) is 12.2. The summed E-state index contributed by atoms with van der Waals surface area (Å²) in [6, 6.07) is 4.93. The summed E-state index contributed by atoms with van der Waals surface area (Å²) in [4.78, 5) is 12.1. The van der Waals surface area contributed by atoms with Gasteiger partial charge in [0.2, 0.25) is 0 Å². The summed E-state index contributed by atoms with van der Waals surface area (Å²) >= 11 is 5.90. The Morgan fingerprint density at radius 3 is 2.90 bits per heavy atom. The molecule has 0 radical (unpaired) electrons. The van der Waals surface area contributed by atoms with Crippen molar-refractivity contribution in [2.75, 3.05) is 11.5 Å². The number of benzene rings is 1. The molecule has 0 bridgehead atoms. The number of ether oxygens (including phenoxy) is 1. The van der Waals surface area contributed by atoms with Crippen LogP contribution in [0.3, 0.4) is 0 Å². The number of carbonyl (C=O) groups is 1. The van der Waals surface area contributed by atoms with E-state index < -0.39 is 15.9 Å². The maximum Gasteiger partial charge on any atom is 0.261 e. The molecule has 20 heavy (non-hydrogen) atoms. The first-order chi connectivity index (χ1) is 9.43. The summed E-state index contributed by atoms with van der Waals surface area (Å²) in [7, 11) is -3.00. The van der Waals surface area contributed by atoms with Crippen LogP contribution >= 0.6 is 11.6 Å². The second-order valence-corrected chi connectivity index (χ2v) is 7.84. The minimum atomic E-state index is -3.00. The predicted octanol–water partition coefficient (Wildman–Crippen LogP) is 0.947. The van der Waals surface area contributed by atoms with Crippen LogP contribution in [0, 0.1) is 0 Å². The molecule has 0 aromatic heterocycles. The van der Waals surface area contributed by atoms with Gasteiger partial charge in [0, 0.05) is 17.5 Å². The Kier molecular flexibility index (Phi) is 3.38. The molecule has 0 saturated carbocycles. The molecule has 2 aliphatic rings. The van der Waals surface area contributed by atoms with Crippen molar-refractivity contribution in [3.63, 3.8) is 0 Å². The van der Waals surface area contributed by atoms with Gasteiger partial charge in [0.25, 0.3) is 5.91 Å². The largest absolute Gasteiger partial charge is 0.480 e. The Hall–Kier alpha value is -1.27. The van der Waals surface area contributed by atoms with Gasteiger partial charge in [-0.25, -0.2) is 8.42 Å². The molecular formula is C13H14ClNO4S. The average molecular weight is 316 g/mol. The quantitative estimate of drug-likeness (QED) is 0.882. The lowest BCUT2D eigenvalue weighted by Crippen LogP contribution is -2.43. The van der Waals surface area contributed by atoms with Crippen LogP contribution in [-0.2, 0) is 21.1 Å². The maximum absolute atomic E-state index is 12.1. The molecule has 1 aromatic rings. The van der Waals surface area contributed by atoms with E-state index in [1.807, 2.05) is 0 Å². The van der Waals surface area contributed by atoms with E-state index in [0.717, 1.165) is 5.56 Å². The van der Waals surface area contributed by atoms with Crippen LogP contribution in [0.2, 0.25) is 5.02 Å².